The molecule has 0 aromatic heterocycles. The number of piperazine rings is 1. The fraction of sp³-hybridized carbons (Fsp3) is 0.429. The molecular weight excluding hydrogens is 356 g/mol. The maximum atomic E-state index is 12.6. The summed E-state index contributed by atoms with van der Waals surface area (Å²) in [6, 6.07) is 5.38. The number of hydrogen-bond acceptors (Lipinski definition) is 4. The van der Waals surface area contributed by atoms with Crippen LogP contribution in [-0.4, -0.2) is 74.2 Å². The van der Waals surface area contributed by atoms with Gasteiger partial charge in [-0.05, 0) is 18.2 Å². The molecule has 24 heavy (non-hydrogen) atoms. The highest BCUT2D eigenvalue weighted by Gasteiger charge is 2.30. The monoisotopic (exact) mass is 374 g/mol. The standard InChI is InChI=1S/C14H19ClN4O4S/c1-17(14(16)21)10-13(20)18-5-7-19(8-6-18)24(22,23)12-4-2-3-11(15)9-12/h2-4,9H,5-8,10H2,1H3,(H2,16,21). The summed E-state index contributed by atoms with van der Waals surface area (Å²) in [7, 11) is -2.21. The lowest BCUT2D eigenvalue weighted by Gasteiger charge is -2.34. The lowest BCUT2D eigenvalue weighted by molar-refractivity contribution is -0.132. The number of carbonyl (C=O) groups excluding carboxylic acids is 2. The molecule has 132 valence electrons. The fourth-order valence-electron chi connectivity index (χ4n) is 2.34. The van der Waals surface area contributed by atoms with E-state index in [2.05, 4.69) is 0 Å². The van der Waals surface area contributed by atoms with Crippen molar-refractivity contribution >= 4 is 33.6 Å². The molecule has 8 nitrogen and oxygen atoms in total. The Bertz CT molecular complexity index is 732. The third-order valence-corrected chi connectivity index (χ3v) is 5.90. The number of carbonyl (C=O) groups is 2. The van der Waals surface area contributed by atoms with Crippen LogP contribution in [0.1, 0.15) is 0 Å². The molecule has 10 heteroatoms. The molecule has 3 amide bonds. The molecule has 0 radical (unpaired) electrons. The van der Waals surface area contributed by atoms with E-state index >= 15 is 0 Å². The van der Waals surface area contributed by atoms with Gasteiger partial charge in [0.1, 0.15) is 6.54 Å². The number of halogens is 1. The molecule has 1 aromatic rings. The highest BCUT2D eigenvalue weighted by atomic mass is 35.5. The van der Waals surface area contributed by atoms with Crippen molar-refractivity contribution in [3.63, 3.8) is 0 Å². The minimum atomic E-state index is -3.64. The molecule has 1 aliphatic rings. The van der Waals surface area contributed by atoms with Crippen LogP contribution in [0.5, 0.6) is 0 Å². The Kier molecular flexibility index (Phi) is 5.68. The van der Waals surface area contributed by atoms with Gasteiger partial charge in [-0.1, -0.05) is 17.7 Å². The molecule has 0 bridgehead atoms. The summed E-state index contributed by atoms with van der Waals surface area (Å²) >= 11 is 5.85. The van der Waals surface area contributed by atoms with Gasteiger partial charge in [-0.25, -0.2) is 13.2 Å². The van der Waals surface area contributed by atoms with Crippen LogP contribution in [0.25, 0.3) is 0 Å². The summed E-state index contributed by atoms with van der Waals surface area (Å²) in [5, 5.41) is 0.347. The van der Waals surface area contributed by atoms with Gasteiger partial charge in [-0.15, -0.1) is 0 Å². The molecule has 0 saturated carbocycles. The topological polar surface area (TPSA) is 104 Å². The van der Waals surface area contributed by atoms with Gasteiger partial charge in [0, 0.05) is 38.2 Å². The quantitative estimate of drug-likeness (QED) is 0.811. The predicted molar refractivity (Wildman–Crippen MR) is 89.0 cm³/mol. The van der Waals surface area contributed by atoms with Crippen molar-refractivity contribution in [2.24, 2.45) is 5.73 Å². The molecular formula is C14H19ClN4O4S. The number of nitrogens with zero attached hydrogens (tertiary/aromatic N) is 3. The van der Waals surface area contributed by atoms with Gasteiger partial charge < -0.3 is 15.5 Å². The van der Waals surface area contributed by atoms with Gasteiger partial charge >= 0.3 is 6.03 Å². The average molecular weight is 375 g/mol. The number of nitrogens with two attached hydrogens (primary N) is 1. The highest BCUT2D eigenvalue weighted by Crippen LogP contribution is 2.20. The maximum Gasteiger partial charge on any atom is 0.314 e. The van der Waals surface area contributed by atoms with Gasteiger partial charge in [0.25, 0.3) is 0 Å². The summed E-state index contributed by atoms with van der Waals surface area (Å²) < 4.78 is 26.5. The Morgan fingerprint density at radius 1 is 1.25 bits per heavy atom. The van der Waals surface area contributed by atoms with Crippen molar-refractivity contribution in [2.75, 3.05) is 39.8 Å². The molecule has 0 atom stereocenters. The molecule has 1 saturated heterocycles. The normalized spacial score (nSPS) is 16.0. The number of sulfonamides is 1. The second-order valence-corrected chi connectivity index (χ2v) is 7.81. The van der Waals surface area contributed by atoms with Crippen LogP contribution >= 0.6 is 11.6 Å². The number of amides is 3. The zero-order valence-electron chi connectivity index (χ0n) is 13.2. The average Bonchev–Trinajstić information content (AvgIpc) is 2.54. The number of benzene rings is 1. The summed E-state index contributed by atoms with van der Waals surface area (Å²) in [4.78, 5) is 25.8. The van der Waals surface area contributed by atoms with Crippen LogP contribution in [0.3, 0.4) is 0 Å². The Labute approximate surface area is 145 Å². The summed E-state index contributed by atoms with van der Waals surface area (Å²) in [6.07, 6.45) is 0. The van der Waals surface area contributed by atoms with E-state index in [1.54, 1.807) is 12.1 Å². The van der Waals surface area contributed by atoms with E-state index in [4.69, 9.17) is 17.3 Å². The van der Waals surface area contributed by atoms with Crippen molar-refractivity contribution in [3.05, 3.63) is 29.3 Å². The number of rotatable bonds is 4. The summed E-state index contributed by atoms with van der Waals surface area (Å²) in [5.41, 5.74) is 5.09. The minimum absolute atomic E-state index is 0.128. The van der Waals surface area contributed by atoms with Crippen molar-refractivity contribution in [1.82, 2.24) is 14.1 Å². The van der Waals surface area contributed by atoms with E-state index < -0.39 is 16.1 Å². The second-order valence-electron chi connectivity index (χ2n) is 5.44. The van der Waals surface area contributed by atoms with Gasteiger partial charge in [-0.3, -0.25) is 4.79 Å². The molecule has 1 heterocycles. The van der Waals surface area contributed by atoms with Crippen LogP contribution in [0.15, 0.2) is 29.2 Å². The fourth-order valence-corrected chi connectivity index (χ4v) is 4.06. The number of urea groups is 1. The first-order chi connectivity index (χ1) is 11.2. The Balaban J connectivity index is 1.99. The predicted octanol–water partition coefficient (Wildman–Crippen LogP) is 0.183. The van der Waals surface area contributed by atoms with Crippen LogP contribution < -0.4 is 5.73 Å². The highest BCUT2D eigenvalue weighted by molar-refractivity contribution is 7.89. The van der Waals surface area contributed by atoms with Crippen molar-refractivity contribution in [1.29, 1.82) is 0 Å². The second kappa shape index (κ2) is 7.37. The molecule has 1 aliphatic heterocycles. The first-order valence-corrected chi connectivity index (χ1v) is 9.07. The summed E-state index contributed by atoms with van der Waals surface area (Å²) in [6.45, 7) is 0.745. The number of likely N-dealkylation sites (N-methyl/N-ethyl adjacent to an activating group) is 1. The van der Waals surface area contributed by atoms with Gasteiger partial charge in [0.15, 0.2) is 0 Å². The molecule has 1 fully saturated rings. The zero-order chi connectivity index (χ0) is 17.9. The first kappa shape index (κ1) is 18.5. The minimum Gasteiger partial charge on any atom is -0.351 e. The zero-order valence-corrected chi connectivity index (χ0v) is 14.8. The molecule has 2 N–H and O–H groups in total. The molecule has 0 unspecified atom stereocenters. The third kappa shape index (κ3) is 4.16. The van der Waals surface area contributed by atoms with Gasteiger partial charge in [-0.2, -0.15) is 4.31 Å². The van der Waals surface area contributed by atoms with Crippen LogP contribution in [0, 0.1) is 0 Å². The van der Waals surface area contributed by atoms with E-state index in [0.29, 0.717) is 5.02 Å². The Hall–Kier alpha value is -1.84. The van der Waals surface area contributed by atoms with Gasteiger partial charge in [0.05, 0.1) is 4.90 Å². The lowest BCUT2D eigenvalue weighted by atomic mass is 10.3. The van der Waals surface area contributed by atoms with E-state index in [0.717, 1.165) is 4.90 Å². The maximum absolute atomic E-state index is 12.6. The van der Waals surface area contributed by atoms with Crippen molar-refractivity contribution in [2.45, 2.75) is 4.90 Å². The van der Waals surface area contributed by atoms with Gasteiger partial charge in [0.2, 0.25) is 15.9 Å². The molecule has 2 rings (SSSR count). The van der Waals surface area contributed by atoms with Crippen LogP contribution in [0.2, 0.25) is 5.02 Å². The van der Waals surface area contributed by atoms with Crippen molar-refractivity contribution in [3.8, 4) is 0 Å². The van der Waals surface area contributed by atoms with E-state index in [1.807, 2.05) is 0 Å². The lowest BCUT2D eigenvalue weighted by Crippen LogP contribution is -2.53. The molecule has 0 aliphatic carbocycles. The number of primary amides is 1. The van der Waals surface area contributed by atoms with E-state index in [-0.39, 0.29) is 43.5 Å². The number of hydrogen-bond donors (Lipinski definition) is 1. The Morgan fingerprint density at radius 2 is 1.88 bits per heavy atom. The summed E-state index contributed by atoms with van der Waals surface area (Å²) in [5.74, 6) is -0.267. The third-order valence-electron chi connectivity index (χ3n) is 3.77. The van der Waals surface area contributed by atoms with E-state index in [1.165, 1.54) is 28.4 Å². The van der Waals surface area contributed by atoms with Crippen LogP contribution in [0.4, 0.5) is 4.79 Å². The van der Waals surface area contributed by atoms with Crippen molar-refractivity contribution < 1.29 is 18.0 Å². The molecule has 0 spiro atoms. The SMILES string of the molecule is CN(CC(=O)N1CCN(S(=O)(=O)c2cccc(Cl)c2)CC1)C(N)=O. The Morgan fingerprint density at radius 3 is 2.42 bits per heavy atom. The van der Waals surface area contributed by atoms with Crippen LogP contribution in [-0.2, 0) is 14.8 Å². The largest absolute Gasteiger partial charge is 0.351 e. The van der Waals surface area contributed by atoms with E-state index in [9.17, 15) is 18.0 Å². The smallest absolute Gasteiger partial charge is 0.314 e. The molecule has 1 aromatic carbocycles. The first-order valence-electron chi connectivity index (χ1n) is 7.26.